The Labute approximate surface area is 127 Å². The quantitative estimate of drug-likeness (QED) is 0.567. The molecule has 0 saturated heterocycles. The molecule has 2 nitrogen and oxygen atoms in total. The van der Waals surface area contributed by atoms with Crippen LogP contribution in [-0.2, 0) is 4.79 Å². The molecule has 1 aromatic rings. The van der Waals surface area contributed by atoms with Gasteiger partial charge < -0.3 is 0 Å². The molecule has 2 aliphatic carbocycles. The molecule has 1 amide bonds. The average molecular weight is 306 g/mol. The predicted octanol–water partition coefficient (Wildman–Crippen LogP) is 4.01. The van der Waals surface area contributed by atoms with Gasteiger partial charge in [0.05, 0.1) is 5.69 Å². The van der Waals surface area contributed by atoms with Crippen LogP contribution < -0.4 is 4.90 Å². The van der Waals surface area contributed by atoms with E-state index in [2.05, 4.69) is 6.08 Å². The van der Waals surface area contributed by atoms with Crippen LogP contribution in [0.25, 0.3) is 0 Å². The lowest BCUT2D eigenvalue weighted by atomic mass is 9.90. The first-order chi connectivity index (χ1) is 9.66. The third-order valence-corrected chi connectivity index (χ3v) is 5.60. The first-order valence-electron chi connectivity index (χ1n) is 6.74. The van der Waals surface area contributed by atoms with Gasteiger partial charge >= 0.3 is 0 Å². The molecule has 1 heterocycles. The van der Waals surface area contributed by atoms with Crippen molar-refractivity contribution in [1.82, 2.24) is 0 Å². The van der Waals surface area contributed by atoms with Gasteiger partial charge in [0.15, 0.2) is 0 Å². The fourth-order valence-corrected chi connectivity index (χ4v) is 4.64. The zero-order valence-corrected chi connectivity index (χ0v) is 12.2. The summed E-state index contributed by atoms with van der Waals surface area (Å²) in [5.74, 6) is 0.484. The number of rotatable bonds is 1. The summed E-state index contributed by atoms with van der Waals surface area (Å²) < 4.78 is -0.722. The lowest BCUT2D eigenvalue weighted by Crippen LogP contribution is -2.28. The standard InChI is InChI=1S/C16H13Cl2NO/c17-16(18)14-10-5-1-3-7-12(10)19(9-20)13-8-4-2-6-11(13)15(14)16/h1-5,7-9,11,14-15H,6H2. The molecular formula is C16H13Cl2NO. The van der Waals surface area contributed by atoms with Crippen LogP contribution in [0.1, 0.15) is 17.9 Å². The van der Waals surface area contributed by atoms with E-state index in [4.69, 9.17) is 23.2 Å². The topological polar surface area (TPSA) is 20.3 Å². The molecule has 0 N–H and O–H groups in total. The van der Waals surface area contributed by atoms with Crippen molar-refractivity contribution in [3.8, 4) is 0 Å². The number of halogens is 2. The lowest BCUT2D eigenvalue weighted by molar-refractivity contribution is -0.107. The Morgan fingerprint density at radius 2 is 2.10 bits per heavy atom. The summed E-state index contributed by atoms with van der Waals surface area (Å²) in [6.45, 7) is 0. The molecule has 3 atom stereocenters. The number of alkyl halides is 2. The number of para-hydroxylation sites is 1. The number of anilines is 1. The van der Waals surface area contributed by atoms with E-state index < -0.39 is 4.33 Å². The number of hydrogen-bond donors (Lipinski definition) is 0. The highest BCUT2D eigenvalue weighted by atomic mass is 35.5. The molecule has 1 saturated carbocycles. The first-order valence-corrected chi connectivity index (χ1v) is 7.50. The zero-order valence-electron chi connectivity index (χ0n) is 10.7. The van der Waals surface area contributed by atoms with Gasteiger partial charge in [0, 0.05) is 23.5 Å². The Hall–Kier alpha value is -1.25. The number of carbonyl (C=O) groups is 1. The Morgan fingerprint density at radius 3 is 2.90 bits per heavy atom. The van der Waals surface area contributed by atoms with Crippen LogP contribution >= 0.6 is 23.2 Å². The van der Waals surface area contributed by atoms with E-state index in [1.807, 2.05) is 36.4 Å². The normalized spacial score (nSPS) is 32.4. The van der Waals surface area contributed by atoms with Gasteiger partial charge in [-0.25, -0.2) is 0 Å². The van der Waals surface area contributed by atoms with Crippen LogP contribution in [0.3, 0.4) is 0 Å². The minimum atomic E-state index is -0.722. The minimum absolute atomic E-state index is 0.104. The summed E-state index contributed by atoms with van der Waals surface area (Å²) >= 11 is 13.1. The highest BCUT2D eigenvalue weighted by molar-refractivity contribution is 6.52. The second-order valence-electron chi connectivity index (χ2n) is 5.57. The molecule has 0 spiro atoms. The highest BCUT2D eigenvalue weighted by Crippen LogP contribution is 2.72. The molecule has 4 heteroatoms. The van der Waals surface area contributed by atoms with Crippen molar-refractivity contribution >= 4 is 35.3 Å². The molecule has 0 radical (unpaired) electrons. The Bertz CT molecular complexity index is 650. The smallest absolute Gasteiger partial charge is 0.218 e. The molecule has 3 unspecified atom stereocenters. The van der Waals surface area contributed by atoms with E-state index in [-0.39, 0.29) is 17.8 Å². The summed E-state index contributed by atoms with van der Waals surface area (Å²) in [6, 6.07) is 7.91. The van der Waals surface area contributed by atoms with Crippen molar-refractivity contribution < 1.29 is 4.79 Å². The van der Waals surface area contributed by atoms with Crippen molar-refractivity contribution in [3.63, 3.8) is 0 Å². The first kappa shape index (κ1) is 12.5. The molecule has 1 fully saturated rings. The van der Waals surface area contributed by atoms with Gasteiger partial charge in [-0.3, -0.25) is 9.69 Å². The van der Waals surface area contributed by atoms with Crippen molar-refractivity contribution in [1.29, 1.82) is 0 Å². The van der Waals surface area contributed by atoms with Crippen LogP contribution in [0.5, 0.6) is 0 Å². The number of hydrogen-bond acceptors (Lipinski definition) is 1. The summed E-state index contributed by atoms with van der Waals surface area (Å²) in [5, 5.41) is 0. The van der Waals surface area contributed by atoms with E-state index in [9.17, 15) is 4.79 Å². The van der Waals surface area contributed by atoms with Crippen LogP contribution in [0.2, 0.25) is 0 Å². The number of nitrogens with zero attached hydrogens (tertiary/aromatic N) is 1. The van der Waals surface area contributed by atoms with E-state index in [0.29, 0.717) is 0 Å². The van der Waals surface area contributed by atoms with Crippen LogP contribution in [-0.4, -0.2) is 10.7 Å². The summed E-state index contributed by atoms with van der Waals surface area (Å²) in [5.41, 5.74) is 2.99. The van der Waals surface area contributed by atoms with Gasteiger partial charge in [0.2, 0.25) is 6.41 Å². The van der Waals surface area contributed by atoms with Gasteiger partial charge in [-0.1, -0.05) is 30.4 Å². The number of allylic oxidation sites excluding steroid dienone is 4. The van der Waals surface area contributed by atoms with Crippen molar-refractivity contribution in [3.05, 3.63) is 53.8 Å². The molecule has 1 aliphatic heterocycles. The van der Waals surface area contributed by atoms with Crippen LogP contribution in [0, 0.1) is 11.8 Å². The summed E-state index contributed by atoms with van der Waals surface area (Å²) in [7, 11) is 0. The van der Waals surface area contributed by atoms with E-state index in [1.165, 1.54) is 0 Å². The fourth-order valence-electron chi connectivity index (χ4n) is 3.70. The third-order valence-electron chi connectivity index (χ3n) is 4.63. The van der Waals surface area contributed by atoms with Crippen molar-refractivity contribution in [2.75, 3.05) is 4.90 Å². The van der Waals surface area contributed by atoms with Gasteiger partial charge in [-0.15, -0.1) is 23.2 Å². The third kappa shape index (κ3) is 1.49. The highest BCUT2D eigenvalue weighted by Gasteiger charge is 2.68. The van der Waals surface area contributed by atoms with Crippen LogP contribution in [0.4, 0.5) is 5.69 Å². The summed E-state index contributed by atoms with van der Waals surface area (Å²) in [4.78, 5) is 13.4. The van der Waals surface area contributed by atoms with Crippen molar-refractivity contribution in [2.45, 2.75) is 16.7 Å². The van der Waals surface area contributed by atoms with Gasteiger partial charge in [-0.05, 0) is 24.1 Å². The molecule has 0 bridgehead atoms. The molecule has 1 aromatic carbocycles. The predicted molar refractivity (Wildman–Crippen MR) is 81.0 cm³/mol. The number of amides is 1. The summed E-state index contributed by atoms with van der Waals surface area (Å²) in [6.07, 6.45) is 7.90. The van der Waals surface area contributed by atoms with E-state index in [0.717, 1.165) is 29.8 Å². The maximum Gasteiger partial charge on any atom is 0.218 e. The number of carbonyl (C=O) groups excluding carboxylic acids is 1. The molecule has 3 aliphatic rings. The van der Waals surface area contributed by atoms with Gasteiger partial charge in [0.1, 0.15) is 4.33 Å². The number of fused-ring (bicyclic) bond motifs is 5. The Kier molecular flexibility index (Phi) is 2.57. The average Bonchev–Trinajstić information content (AvgIpc) is 3.06. The zero-order chi connectivity index (χ0) is 13.9. The lowest BCUT2D eigenvalue weighted by Gasteiger charge is -2.29. The largest absolute Gasteiger partial charge is 0.287 e. The monoisotopic (exact) mass is 305 g/mol. The SMILES string of the molecule is O=CN1C2=CC=CCC2C2C(c3ccccc31)C2(Cl)Cl. The Morgan fingerprint density at radius 1 is 1.30 bits per heavy atom. The Balaban J connectivity index is 1.96. The van der Waals surface area contributed by atoms with Crippen LogP contribution in [0.15, 0.2) is 48.2 Å². The molecular weight excluding hydrogens is 293 g/mol. The second-order valence-corrected chi connectivity index (χ2v) is 7.02. The second kappa shape index (κ2) is 4.12. The van der Waals surface area contributed by atoms with E-state index >= 15 is 0 Å². The maximum atomic E-state index is 11.6. The molecule has 4 rings (SSSR count). The van der Waals surface area contributed by atoms with Crippen molar-refractivity contribution in [2.24, 2.45) is 11.8 Å². The van der Waals surface area contributed by atoms with Gasteiger partial charge in [0.25, 0.3) is 0 Å². The minimum Gasteiger partial charge on any atom is -0.287 e. The fraction of sp³-hybridized carbons (Fsp3) is 0.312. The van der Waals surface area contributed by atoms with E-state index in [1.54, 1.807) is 4.90 Å². The molecule has 20 heavy (non-hydrogen) atoms. The van der Waals surface area contributed by atoms with Gasteiger partial charge in [-0.2, -0.15) is 0 Å². The number of benzene rings is 1. The molecule has 0 aromatic heterocycles. The maximum absolute atomic E-state index is 11.6. The molecule has 102 valence electrons.